The van der Waals surface area contributed by atoms with Gasteiger partial charge in [-0.2, -0.15) is 0 Å². The van der Waals surface area contributed by atoms with Crippen LogP contribution in [-0.2, 0) is 0 Å². The fourth-order valence-corrected chi connectivity index (χ4v) is 5.01. The van der Waals surface area contributed by atoms with Crippen LogP contribution >= 0.6 is 0 Å². The minimum atomic E-state index is -1.32. The van der Waals surface area contributed by atoms with Crippen LogP contribution < -0.4 is 9.80 Å². The molecule has 0 radical (unpaired) electrons. The molecule has 6 rings (SSSR count). The Balaban J connectivity index is 1.56. The number of imide groups is 2. The van der Waals surface area contributed by atoms with E-state index in [0.717, 1.165) is 9.80 Å². The summed E-state index contributed by atoms with van der Waals surface area (Å²) in [6.07, 6.45) is 0. The molecule has 0 saturated carbocycles. The van der Waals surface area contributed by atoms with Gasteiger partial charge in [-0.25, -0.2) is 19.4 Å². The van der Waals surface area contributed by atoms with Crippen molar-refractivity contribution < 1.29 is 39.0 Å². The zero-order valence-electron chi connectivity index (χ0n) is 19.2. The average molecular weight is 506 g/mol. The Labute approximate surface area is 212 Å². The van der Waals surface area contributed by atoms with E-state index >= 15 is 0 Å². The van der Waals surface area contributed by atoms with E-state index in [4.69, 9.17) is 0 Å². The largest absolute Gasteiger partial charge is 0.478 e. The van der Waals surface area contributed by atoms with Gasteiger partial charge in [0.2, 0.25) is 0 Å². The second-order valence-electron chi connectivity index (χ2n) is 8.61. The lowest BCUT2D eigenvalue weighted by Crippen LogP contribution is -2.44. The molecule has 4 aromatic carbocycles. The van der Waals surface area contributed by atoms with E-state index < -0.39 is 35.6 Å². The molecule has 2 N–H and O–H groups in total. The lowest BCUT2D eigenvalue weighted by Gasteiger charge is -2.32. The van der Waals surface area contributed by atoms with Gasteiger partial charge in [-0.3, -0.25) is 19.2 Å². The standard InChI is InChI=1S/C28H14N2O8/c31-23-15-9-11-17-22-18(26(34)30(25(17)33)20-8-4-2-6-14(20)28(37)38)12-10-16(21(15)22)24(32)29(23)19-7-3-1-5-13(19)27(35)36/h1-12H,(H,35,36)(H,37,38). The molecular formula is C28H14N2O8. The average Bonchev–Trinajstić information content (AvgIpc) is 2.91. The van der Waals surface area contributed by atoms with E-state index in [1.807, 2.05) is 0 Å². The third kappa shape index (κ3) is 2.94. The number of carbonyl (C=O) groups is 6. The molecule has 10 heteroatoms. The molecule has 10 nitrogen and oxygen atoms in total. The van der Waals surface area contributed by atoms with Gasteiger partial charge in [0.1, 0.15) is 0 Å². The number of aromatic carboxylic acids is 2. The van der Waals surface area contributed by atoms with Gasteiger partial charge < -0.3 is 10.2 Å². The van der Waals surface area contributed by atoms with Gasteiger partial charge in [0.25, 0.3) is 23.6 Å². The van der Waals surface area contributed by atoms with Crippen molar-refractivity contribution in [1.82, 2.24) is 0 Å². The molecule has 2 aliphatic heterocycles. The van der Waals surface area contributed by atoms with Crippen LogP contribution in [0.4, 0.5) is 11.4 Å². The first-order valence-corrected chi connectivity index (χ1v) is 11.2. The van der Waals surface area contributed by atoms with Gasteiger partial charge in [-0.1, -0.05) is 24.3 Å². The molecule has 184 valence electrons. The van der Waals surface area contributed by atoms with E-state index in [2.05, 4.69) is 0 Å². The molecule has 4 amide bonds. The Kier molecular flexibility index (Phi) is 4.76. The molecule has 2 aliphatic rings. The highest BCUT2D eigenvalue weighted by molar-refractivity contribution is 6.42. The molecule has 0 bridgehead atoms. The van der Waals surface area contributed by atoms with Crippen molar-refractivity contribution in [3.8, 4) is 0 Å². The SMILES string of the molecule is O=C(O)c1ccccc1N1C(=O)c2ccc3c4c(ccc(c24)C1=O)C(=O)N(c1ccccc1C(=O)O)C3=O. The van der Waals surface area contributed by atoms with Crippen molar-refractivity contribution in [2.75, 3.05) is 9.80 Å². The second-order valence-corrected chi connectivity index (χ2v) is 8.61. The zero-order valence-corrected chi connectivity index (χ0v) is 19.2. The maximum absolute atomic E-state index is 13.6. The maximum atomic E-state index is 13.6. The number of para-hydroxylation sites is 2. The summed E-state index contributed by atoms with van der Waals surface area (Å²) >= 11 is 0. The number of rotatable bonds is 4. The first-order valence-electron chi connectivity index (χ1n) is 11.2. The fraction of sp³-hybridized carbons (Fsp3) is 0. The van der Waals surface area contributed by atoms with Crippen LogP contribution in [0.2, 0.25) is 0 Å². The lowest BCUT2D eigenvalue weighted by molar-refractivity contribution is 0.0685. The van der Waals surface area contributed by atoms with Gasteiger partial charge in [0.05, 0.1) is 22.5 Å². The van der Waals surface area contributed by atoms with Crippen LogP contribution in [0.3, 0.4) is 0 Å². The summed E-state index contributed by atoms with van der Waals surface area (Å²) in [6, 6.07) is 16.5. The monoisotopic (exact) mass is 506 g/mol. The Bertz CT molecular complexity index is 1620. The van der Waals surface area contributed by atoms with Gasteiger partial charge in [0, 0.05) is 33.0 Å². The first-order chi connectivity index (χ1) is 18.2. The highest BCUT2D eigenvalue weighted by Gasteiger charge is 2.42. The van der Waals surface area contributed by atoms with Gasteiger partial charge in [-0.15, -0.1) is 0 Å². The van der Waals surface area contributed by atoms with Crippen LogP contribution in [0.25, 0.3) is 10.8 Å². The van der Waals surface area contributed by atoms with Gasteiger partial charge >= 0.3 is 11.9 Å². The summed E-state index contributed by atoms with van der Waals surface area (Å²) in [5.74, 6) is -5.88. The van der Waals surface area contributed by atoms with E-state index in [1.165, 1.54) is 72.8 Å². The Morgan fingerprint density at radius 3 is 1.05 bits per heavy atom. The van der Waals surface area contributed by atoms with Crippen molar-refractivity contribution in [3.63, 3.8) is 0 Å². The third-order valence-electron chi connectivity index (χ3n) is 6.65. The van der Waals surface area contributed by atoms with Crippen molar-refractivity contribution in [3.05, 3.63) is 106 Å². The van der Waals surface area contributed by atoms with Crippen LogP contribution in [-0.4, -0.2) is 45.8 Å². The number of hydrogen-bond acceptors (Lipinski definition) is 6. The van der Waals surface area contributed by atoms with Gasteiger partial charge in [0.15, 0.2) is 0 Å². The maximum Gasteiger partial charge on any atom is 0.337 e. The number of benzene rings is 4. The second kappa shape index (κ2) is 7.93. The van der Waals surface area contributed by atoms with Crippen LogP contribution in [0.1, 0.15) is 62.1 Å². The van der Waals surface area contributed by atoms with Crippen LogP contribution in [0, 0.1) is 0 Å². The quantitative estimate of drug-likeness (QED) is 0.397. The number of amides is 4. The molecule has 38 heavy (non-hydrogen) atoms. The number of hydrogen-bond donors (Lipinski definition) is 2. The minimum Gasteiger partial charge on any atom is -0.478 e. The fourth-order valence-electron chi connectivity index (χ4n) is 5.01. The lowest BCUT2D eigenvalue weighted by atomic mass is 9.85. The summed E-state index contributed by atoms with van der Waals surface area (Å²) in [5, 5.41) is 19.4. The number of anilines is 2. The zero-order chi connectivity index (χ0) is 26.9. The summed E-state index contributed by atoms with van der Waals surface area (Å²) in [4.78, 5) is 79.3. The minimum absolute atomic E-state index is 0.0142. The summed E-state index contributed by atoms with van der Waals surface area (Å²) < 4.78 is 0. The van der Waals surface area contributed by atoms with Crippen molar-refractivity contribution in [2.24, 2.45) is 0 Å². The van der Waals surface area contributed by atoms with Crippen LogP contribution in [0.5, 0.6) is 0 Å². The predicted molar refractivity (Wildman–Crippen MR) is 133 cm³/mol. The summed E-state index contributed by atoms with van der Waals surface area (Å²) in [5.41, 5.74) is -0.667. The number of nitrogens with zero attached hydrogens (tertiary/aromatic N) is 2. The van der Waals surface area contributed by atoms with E-state index in [-0.39, 0.29) is 55.5 Å². The number of carbonyl (C=O) groups excluding carboxylic acids is 4. The Morgan fingerprint density at radius 1 is 0.474 bits per heavy atom. The highest BCUT2D eigenvalue weighted by Crippen LogP contribution is 2.41. The Hall–Kier alpha value is -5.64. The summed E-state index contributed by atoms with van der Waals surface area (Å²) in [7, 11) is 0. The summed E-state index contributed by atoms with van der Waals surface area (Å²) in [6.45, 7) is 0. The Morgan fingerprint density at radius 2 is 0.763 bits per heavy atom. The third-order valence-corrected chi connectivity index (χ3v) is 6.65. The molecule has 2 heterocycles. The molecule has 0 fully saturated rings. The molecular weight excluding hydrogens is 492 g/mol. The van der Waals surface area contributed by atoms with E-state index in [1.54, 1.807) is 0 Å². The van der Waals surface area contributed by atoms with Crippen LogP contribution in [0.15, 0.2) is 72.8 Å². The van der Waals surface area contributed by atoms with Gasteiger partial charge in [-0.05, 0) is 48.5 Å². The molecule has 0 saturated heterocycles. The normalized spacial score (nSPS) is 14.3. The number of carboxylic acid groups (broad SMARTS) is 2. The highest BCUT2D eigenvalue weighted by atomic mass is 16.4. The molecule has 0 aliphatic carbocycles. The molecule has 0 aromatic heterocycles. The van der Waals surface area contributed by atoms with E-state index in [9.17, 15) is 39.0 Å². The van der Waals surface area contributed by atoms with Crippen molar-refractivity contribution in [1.29, 1.82) is 0 Å². The smallest absolute Gasteiger partial charge is 0.337 e. The molecule has 4 aromatic rings. The van der Waals surface area contributed by atoms with Crippen molar-refractivity contribution >= 4 is 57.7 Å². The van der Waals surface area contributed by atoms with Crippen molar-refractivity contribution in [2.45, 2.75) is 0 Å². The molecule has 0 atom stereocenters. The number of carboxylic acids is 2. The predicted octanol–water partition coefficient (Wildman–Crippen LogP) is 3.84. The topological polar surface area (TPSA) is 149 Å². The first kappa shape index (κ1) is 22.8. The molecule has 0 unspecified atom stereocenters. The molecule has 0 spiro atoms. The van der Waals surface area contributed by atoms with E-state index in [0.29, 0.717) is 0 Å².